The molecular weight excluding hydrogens is 469 g/mol. The van der Waals surface area contributed by atoms with Gasteiger partial charge in [-0.15, -0.1) is 24.0 Å². The van der Waals surface area contributed by atoms with Crippen LogP contribution in [0.15, 0.2) is 29.3 Å². The number of hydrogen-bond donors (Lipinski definition) is 4. The molecule has 1 amide bonds. The van der Waals surface area contributed by atoms with Crippen molar-refractivity contribution in [3.8, 4) is 5.75 Å². The first-order chi connectivity index (χ1) is 13.2. The lowest BCUT2D eigenvalue weighted by Crippen LogP contribution is -2.49. The fraction of sp³-hybridized carbons (Fsp3) is 0.600. The zero-order valence-electron chi connectivity index (χ0n) is 16.5. The minimum Gasteiger partial charge on any atom is -0.507 e. The summed E-state index contributed by atoms with van der Waals surface area (Å²) in [6, 6.07) is 7.84. The number of phenolic OH excluding ortho intramolecular Hbond substituents is 1. The van der Waals surface area contributed by atoms with Crippen LogP contribution in [0.3, 0.4) is 0 Å². The fourth-order valence-electron chi connectivity index (χ4n) is 3.46. The number of amides is 1. The van der Waals surface area contributed by atoms with Crippen LogP contribution in [0.5, 0.6) is 5.75 Å². The number of likely N-dealkylation sites (tertiary alicyclic amines) is 1. The SMILES string of the molecule is CCNC(=NCCNC(=O)c1ccccc1O)NC1CCN(C2CC2)CC1.I. The number of phenols is 1. The van der Waals surface area contributed by atoms with Crippen molar-refractivity contribution >= 4 is 35.8 Å². The van der Waals surface area contributed by atoms with E-state index in [2.05, 4.69) is 25.8 Å². The Morgan fingerprint density at radius 1 is 1.18 bits per heavy atom. The van der Waals surface area contributed by atoms with Gasteiger partial charge in [-0.1, -0.05) is 12.1 Å². The zero-order chi connectivity index (χ0) is 19.1. The lowest BCUT2D eigenvalue weighted by Gasteiger charge is -2.33. The number of piperidine rings is 1. The molecule has 1 saturated heterocycles. The molecule has 8 heteroatoms. The molecule has 2 fully saturated rings. The maximum Gasteiger partial charge on any atom is 0.255 e. The van der Waals surface area contributed by atoms with E-state index in [1.807, 2.05) is 6.92 Å². The Labute approximate surface area is 184 Å². The molecule has 0 spiro atoms. The molecule has 0 aromatic heterocycles. The summed E-state index contributed by atoms with van der Waals surface area (Å²) in [5.41, 5.74) is 0.286. The van der Waals surface area contributed by atoms with Crippen LogP contribution >= 0.6 is 24.0 Å². The van der Waals surface area contributed by atoms with Crippen LogP contribution in [0, 0.1) is 0 Å². The topological polar surface area (TPSA) is 89.0 Å². The van der Waals surface area contributed by atoms with Crippen LogP contribution in [0.1, 0.15) is 43.0 Å². The highest BCUT2D eigenvalue weighted by Gasteiger charge is 2.31. The Bertz CT molecular complexity index is 658. The van der Waals surface area contributed by atoms with Gasteiger partial charge in [0.1, 0.15) is 5.75 Å². The highest BCUT2D eigenvalue weighted by Crippen LogP contribution is 2.29. The summed E-state index contributed by atoms with van der Waals surface area (Å²) in [4.78, 5) is 19.3. The molecule has 1 aromatic rings. The first-order valence-corrected chi connectivity index (χ1v) is 10.0. The maximum atomic E-state index is 12.1. The van der Waals surface area contributed by atoms with Gasteiger partial charge in [-0.25, -0.2) is 0 Å². The third-order valence-electron chi connectivity index (χ3n) is 5.09. The van der Waals surface area contributed by atoms with Gasteiger partial charge in [-0.2, -0.15) is 0 Å². The summed E-state index contributed by atoms with van der Waals surface area (Å²) in [6.45, 7) is 6.08. The van der Waals surface area contributed by atoms with Crippen molar-refractivity contribution in [2.75, 3.05) is 32.7 Å². The van der Waals surface area contributed by atoms with Gasteiger partial charge in [-0.05, 0) is 44.7 Å². The molecule has 4 N–H and O–H groups in total. The van der Waals surface area contributed by atoms with Gasteiger partial charge in [0.25, 0.3) is 5.91 Å². The van der Waals surface area contributed by atoms with E-state index in [1.165, 1.54) is 32.0 Å². The monoisotopic (exact) mass is 501 g/mol. The molecular formula is C20H32IN5O2. The van der Waals surface area contributed by atoms with Gasteiger partial charge < -0.3 is 26.0 Å². The van der Waals surface area contributed by atoms with Crippen LogP contribution in [0.4, 0.5) is 0 Å². The number of guanidine groups is 1. The molecule has 1 saturated carbocycles. The zero-order valence-corrected chi connectivity index (χ0v) is 18.8. The van der Waals surface area contributed by atoms with Gasteiger partial charge in [0.05, 0.1) is 12.1 Å². The smallest absolute Gasteiger partial charge is 0.255 e. The van der Waals surface area contributed by atoms with E-state index in [1.54, 1.807) is 18.2 Å². The molecule has 2 aliphatic rings. The van der Waals surface area contributed by atoms with E-state index in [9.17, 15) is 9.90 Å². The van der Waals surface area contributed by atoms with E-state index >= 15 is 0 Å². The third kappa shape index (κ3) is 6.80. The number of para-hydroxylation sites is 1. The lowest BCUT2D eigenvalue weighted by atomic mass is 10.1. The molecule has 0 radical (unpaired) electrons. The second-order valence-electron chi connectivity index (χ2n) is 7.22. The summed E-state index contributed by atoms with van der Waals surface area (Å²) in [7, 11) is 0. The number of nitrogens with zero attached hydrogens (tertiary/aromatic N) is 2. The Balaban J connectivity index is 0.00000280. The van der Waals surface area contributed by atoms with Crippen molar-refractivity contribution in [2.45, 2.75) is 44.7 Å². The standard InChI is InChI=1S/C20H31N5O2.HI/c1-2-21-20(24-15-9-13-25(14-10-15)16-7-8-16)23-12-11-22-19(27)17-5-3-4-6-18(17)26;/h3-6,15-16,26H,2,7-14H2,1H3,(H,22,27)(H2,21,23,24);1H. The number of hydrogen-bond acceptors (Lipinski definition) is 4. The van der Waals surface area contributed by atoms with Crippen LogP contribution in [0.25, 0.3) is 0 Å². The van der Waals surface area contributed by atoms with Crippen molar-refractivity contribution in [1.82, 2.24) is 20.9 Å². The molecule has 1 heterocycles. The first-order valence-electron chi connectivity index (χ1n) is 10.0. The maximum absolute atomic E-state index is 12.1. The van der Waals surface area contributed by atoms with E-state index in [0.29, 0.717) is 19.1 Å². The quantitative estimate of drug-likeness (QED) is 0.199. The number of aromatic hydroxyl groups is 1. The Hall–Kier alpha value is -1.55. The number of carbonyl (C=O) groups excluding carboxylic acids is 1. The van der Waals surface area contributed by atoms with Crippen molar-refractivity contribution < 1.29 is 9.90 Å². The predicted octanol–water partition coefficient (Wildman–Crippen LogP) is 1.92. The molecule has 0 unspecified atom stereocenters. The normalized spacial score (nSPS) is 18.2. The summed E-state index contributed by atoms with van der Waals surface area (Å²) in [5, 5.41) is 19.3. The molecule has 0 bridgehead atoms. The average Bonchev–Trinajstić information content (AvgIpc) is 3.51. The number of nitrogens with one attached hydrogen (secondary N) is 3. The Morgan fingerprint density at radius 3 is 2.54 bits per heavy atom. The van der Waals surface area contributed by atoms with E-state index in [4.69, 9.17) is 0 Å². The average molecular weight is 501 g/mol. The Kier molecular flexibility index (Phi) is 9.30. The van der Waals surface area contributed by atoms with Gasteiger partial charge in [0.2, 0.25) is 0 Å². The van der Waals surface area contributed by atoms with Gasteiger partial charge >= 0.3 is 0 Å². The van der Waals surface area contributed by atoms with Crippen LogP contribution in [0.2, 0.25) is 0 Å². The highest BCUT2D eigenvalue weighted by atomic mass is 127. The molecule has 1 aliphatic carbocycles. The second kappa shape index (κ2) is 11.5. The van der Waals surface area contributed by atoms with Crippen molar-refractivity contribution in [3.63, 3.8) is 0 Å². The summed E-state index contributed by atoms with van der Waals surface area (Å²) >= 11 is 0. The third-order valence-corrected chi connectivity index (χ3v) is 5.09. The minimum atomic E-state index is -0.284. The largest absolute Gasteiger partial charge is 0.507 e. The van der Waals surface area contributed by atoms with Gasteiger partial charge in [-0.3, -0.25) is 9.79 Å². The molecule has 156 valence electrons. The van der Waals surface area contributed by atoms with E-state index in [-0.39, 0.29) is 41.2 Å². The van der Waals surface area contributed by atoms with E-state index < -0.39 is 0 Å². The fourth-order valence-corrected chi connectivity index (χ4v) is 3.46. The van der Waals surface area contributed by atoms with Crippen LogP contribution < -0.4 is 16.0 Å². The van der Waals surface area contributed by atoms with Crippen molar-refractivity contribution in [1.29, 1.82) is 0 Å². The number of rotatable bonds is 7. The summed E-state index contributed by atoms with van der Waals surface area (Å²) < 4.78 is 0. The molecule has 28 heavy (non-hydrogen) atoms. The minimum absolute atomic E-state index is 0. The van der Waals surface area contributed by atoms with Gasteiger partial charge in [0, 0.05) is 38.3 Å². The molecule has 7 nitrogen and oxygen atoms in total. The predicted molar refractivity (Wildman–Crippen MR) is 123 cm³/mol. The number of halogens is 1. The summed E-state index contributed by atoms with van der Waals surface area (Å²) in [5.74, 6) is 0.513. The number of carbonyl (C=O) groups is 1. The lowest BCUT2D eigenvalue weighted by molar-refractivity contribution is 0.0952. The molecule has 1 aromatic carbocycles. The van der Waals surface area contributed by atoms with Crippen LogP contribution in [-0.4, -0.2) is 66.7 Å². The first kappa shape index (κ1) is 22.7. The molecule has 3 rings (SSSR count). The number of aliphatic imine (C=N–C) groups is 1. The molecule has 1 aliphatic heterocycles. The number of benzene rings is 1. The second-order valence-corrected chi connectivity index (χ2v) is 7.22. The van der Waals surface area contributed by atoms with E-state index in [0.717, 1.165) is 31.4 Å². The highest BCUT2D eigenvalue weighted by molar-refractivity contribution is 14.0. The van der Waals surface area contributed by atoms with Crippen molar-refractivity contribution in [2.24, 2.45) is 4.99 Å². The molecule has 0 atom stereocenters. The Morgan fingerprint density at radius 2 is 1.89 bits per heavy atom. The van der Waals surface area contributed by atoms with Crippen molar-refractivity contribution in [3.05, 3.63) is 29.8 Å². The summed E-state index contributed by atoms with van der Waals surface area (Å²) in [6.07, 6.45) is 5.03. The van der Waals surface area contributed by atoms with Crippen LogP contribution in [-0.2, 0) is 0 Å². The van der Waals surface area contributed by atoms with Gasteiger partial charge in [0.15, 0.2) is 5.96 Å².